The Morgan fingerprint density at radius 3 is 2.63 bits per heavy atom. The van der Waals surface area contributed by atoms with Crippen molar-refractivity contribution in [2.24, 2.45) is 5.41 Å². The fraction of sp³-hybridized carbons (Fsp3) is 1.00. The zero-order valence-corrected chi connectivity index (χ0v) is 13.5. The standard InChI is InChI=1S/C16H34N2O/c1-5-10-17-13-16(4,6-2)14-18(7-3)12-15-9-8-11-19-15/h15,17H,5-14H2,1-4H3. The summed E-state index contributed by atoms with van der Waals surface area (Å²) in [5, 5.41) is 3.59. The Hall–Kier alpha value is -0.120. The van der Waals surface area contributed by atoms with E-state index in [-0.39, 0.29) is 0 Å². The SMILES string of the molecule is CCCNCC(C)(CC)CN(CC)CC1CCCO1. The number of ether oxygens (including phenoxy) is 1. The van der Waals surface area contributed by atoms with Crippen molar-refractivity contribution in [3.05, 3.63) is 0 Å². The Kier molecular flexibility index (Phi) is 7.96. The van der Waals surface area contributed by atoms with Crippen LogP contribution in [0.1, 0.15) is 53.4 Å². The number of likely N-dealkylation sites (N-methyl/N-ethyl adjacent to an activating group) is 1. The van der Waals surface area contributed by atoms with E-state index in [4.69, 9.17) is 4.74 Å². The number of nitrogens with one attached hydrogen (secondary N) is 1. The van der Waals surface area contributed by atoms with Gasteiger partial charge in [0.15, 0.2) is 0 Å². The summed E-state index contributed by atoms with van der Waals surface area (Å²) in [4.78, 5) is 2.58. The molecule has 0 saturated carbocycles. The highest BCUT2D eigenvalue weighted by atomic mass is 16.5. The first-order chi connectivity index (χ1) is 9.13. The predicted octanol–water partition coefficient (Wildman–Crippen LogP) is 2.90. The van der Waals surface area contributed by atoms with Crippen molar-refractivity contribution >= 4 is 0 Å². The van der Waals surface area contributed by atoms with Gasteiger partial charge >= 0.3 is 0 Å². The molecule has 19 heavy (non-hydrogen) atoms. The van der Waals surface area contributed by atoms with E-state index in [9.17, 15) is 0 Å². The van der Waals surface area contributed by atoms with Crippen LogP contribution in [-0.4, -0.2) is 50.3 Å². The van der Waals surface area contributed by atoms with Crippen LogP contribution in [0.25, 0.3) is 0 Å². The number of hydrogen-bond donors (Lipinski definition) is 1. The van der Waals surface area contributed by atoms with E-state index in [1.165, 1.54) is 32.2 Å². The van der Waals surface area contributed by atoms with E-state index in [1.807, 2.05) is 0 Å². The first-order valence-corrected chi connectivity index (χ1v) is 8.18. The molecule has 0 aromatic carbocycles. The molecular weight excluding hydrogens is 236 g/mol. The van der Waals surface area contributed by atoms with E-state index in [0.29, 0.717) is 11.5 Å². The first-order valence-electron chi connectivity index (χ1n) is 8.18. The highest BCUT2D eigenvalue weighted by Crippen LogP contribution is 2.23. The van der Waals surface area contributed by atoms with Crippen molar-refractivity contribution in [3.63, 3.8) is 0 Å². The summed E-state index contributed by atoms with van der Waals surface area (Å²) in [7, 11) is 0. The normalized spacial score (nSPS) is 22.9. The summed E-state index contributed by atoms with van der Waals surface area (Å²) in [6.07, 6.45) is 5.40. The van der Waals surface area contributed by atoms with Crippen LogP contribution < -0.4 is 5.32 Å². The van der Waals surface area contributed by atoms with Crippen LogP contribution >= 0.6 is 0 Å². The highest BCUT2D eigenvalue weighted by Gasteiger charge is 2.26. The Balaban J connectivity index is 2.40. The fourth-order valence-corrected chi connectivity index (χ4v) is 2.78. The second-order valence-corrected chi connectivity index (χ2v) is 6.30. The smallest absolute Gasteiger partial charge is 0.0702 e. The second kappa shape index (κ2) is 8.93. The van der Waals surface area contributed by atoms with Gasteiger partial charge in [0.1, 0.15) is 0 Å². The second-order valence-electron chi connectivity index (χ2n) is 6.30. The maximum absolute atomic E-state index is 5.77. The molecule has 2 atom stereocenters. The van der Waals surface area contributed by atoms with Crippen molar-refractivity contribution in [3.8, 4) is 0 Å². The summed E-state index contributed by atoms with van der Waals surface area (Å²) in [5.41, 5.74) is 0.379. The molecule has 1 rings (SSSR count). The van der Waals surface area contributed by atoms with Gasteiger partial charge in [-0.2, -0.15) is 0 Å². The van der Waals surface area contributed by atoms with Gasteiger partial charge < -0.3 is 15.0 Å². The quantitative estimate of drug-likeness (QED) is 0.618. The summed E-state index contributed by atoms with van der Waals surface area (Å²) < 4.78 is 5.77. The third-order valence-electron chi connectivity index (χ3n) is 4.37. The lowest BCUT2D eigenvalue weighted by Crippen LogP contribution is -2.44. The van der Waals surface area contributed by atoms with Crippen LogP contribution in [0.15, 0.2) is 0 Å². The molecule has 1 heterocycles. The van der Waals surface area contributed by atoms with Crippen LogP contribution in [-0.2, 0) is 4.74 Å². The van der Waals surface area contributed by atoms with Gasteiger partial charge in [-0.05, 0) is 44.2 Å². The molecule has 0 aromatic heterocycles. The summed E-state index contributed by atoms with van der Waals surface area (Å²) in [6.45, 7) is 15.9. The molecule has 0 spiro atoms. The van der Waals surface area contributed by atoms with Gasteiger partial charge in [-0.3, -0.25) is 0 Å². The van der Waals surface area contributed by atoms with Crippen molar-refractivity contribution in [2.75, 3.05) is 39.3 Å². The molecule has 1 N–H and O–H groups in total. The van der Waals surface area contributed by atoms with Crippen molar-refractivity contribution < 1.29 is 4.74 Å². The van der Waals surface area contributed by atoms with E-state index in [0.717, 1.165) is 32.8 Å². The molecule has 1 aliphatic heterocycles. The van der Waals surface area contributed by atoms with E-state index >= 15 is 0 Å². The average molecular weight is 270 g/mol. The molecule has 0 radical (unpaired) electrons. The van der Waals surface area contributed by atoms with Crippen LogP contribution in [0.5, 0.6) is 0 Å². The van der Waals surface area contributed by atoms with Crippen molar-refractivity contribution in [1.82, 2.24) is 10.2 Å². The van der Waals surface area contributed by atoms with Crippen LogP contribution in [0.4, 0.5) is 0 Å². The van der Waals surface area contributed by atoms with E-state index < -0.39 is 0 Å². The highest BCUT2D eigenvalue weighted by molar-refractivity contribution is 4.81. The maximum Gasteiger partial charge on any atom is 0.0702 e. The molecule has 1 fully saturated rings. The molecular formula is C16H34N2O. The molecule has 0 aromatic rings. The average Bonchev–Trinajstić information content (AvgIpc) is 2.91. The molecule has 3 nitrogen and oxygen atoms in total. The lowest BCUT2D eigenvalue weighted by molar-refractivity contribution is 0.0576. The Bertz CT molecular complexity index is 229. The molecule has 0 bridgehead atoms. The third-order valence-corrected chi connectivity index (χ3v) is 4.37. The Morgan fingerprint density at radius 2 is 2.11 bits per heavy atom. The zero-order valence-electron chi connectivity index (χ0n) is 13.5. The van der Waals surface area contributed by atoms with Gasteiger partial charge in [0.2, 0.25) is 0 Å². The molecule has 1 aliphatic rings. The van der Waals surface area contributed by atoms with Gasteiger partial charge in [0, 0.05) is 26.2 Å². The molecule has 0 amide bonds. The monoisotopic (exact) mass is 270 g/mol. The fourth-order valence-electron chi connectivity index (χ4n) is 2.78. The van der Waals surface area contributed by atoms with Crippen LogP contribution in [0.3, 0.4) is 0 Å². The zero-order chi connectivity index (χ0) is 14.1. The molecule has 2 unspecified atom stereocenters. The van der Waals surface area contributed by atoms with Gasteiger partial charge in [-0.25, -0.2) is 0 Å². The summed E-state index contributed by atoms with van der Waals surface area (Å²) >= 11 is 0. The summed E-state index contributed by atoms with van der Waals surface area (Å²) in [5.74, 6) is 0. The topological polar surface area (TPSA) is 24.5 Å². The minimum Gasteiger partial charge on any atom is -0.377 e. The lowest BCUT2D eigenvalue weighted by Gasteiger charge is -2.35. The lowest BCUT2D eigenvalue weighted by atomic mass is 9.86. The number of hydrogen-bond acceptors (Lipinski definition) is 3. The number of rotatable bonds is 10. The van der Waals surface area contributed by atoms with E-state index in [1.54, 1.807) is 0 Å². The summed E-state index contributed by atoms with van der Waals surface area (Å²) in [6, 6.07) is 0. The Morgan fingerprint density at radius 1 is 1.32 bits per heavy atom. The van der Waals surface area contributed by atoms with Gasteiger partial charge in [-0.1, -0.05) is 27.7 Å². The van der Waals surface area contributed by atoms with Crippen molar-refractivity contribution in [1.29, 1.82) is 0 Å². The maximum atomic E-state index is 5.77. The minimum atomic E-state index is 0.379. The third kappa shape index (κ3) is 6.24. The van der Waals surface area contributed by atoms with E-state index in [2.05, 4.69) is 37.9 Å². The predicted molar refractivity (Wildman–Crippen MR) is 82.6 cm³/mol. The largest absolute Gasteiger partial charge is 0.377 e. The molecule has 0 aliphatic carbocycles. The first kappa shape index (κ1) is 16.9. The van der Waals surface area contributed by atoms with Crippen LogP contribution in [0, 0.1) is 5.41 Å². The van der Waals surface area contributed by atoms with Gasteiger partial charge in [0.05, 0.1) is 6.10 Å². The van der Waals surface area contributed by atoms with Gasteiger partial charge in [-0.15, -0.1) is 0 Å². The minimum absolute atomic E-state index is 0.379. The molecule has 1 saturated heterocycles. The molecule has 3 heteroatoms. The van der Waals surface area contributed by atoms with Gasteiger partial charge in [0.25, 0.3) is 0 Å². The number of nitrogens with zero attached hydrogens (tertiary/aromatic N) is 1. The Labute approximate surface area is 120 Å². The molecule has 114 valence electrons. The van der Waals surface area contributed by atoms with Crippen molar-refractivity contribution in [2.45, 2.75) is 59.5 Å². The van der Waals surface area contributed by atoms with Crippen LogP contribution in [0.2, 0.25) is 0 Å².